The molecule has 0 fully saturated rings. The Kier molecular flexibility index (Phi) is 10.5. The van der Waals surface area contributed by atoms with Gasteiger partial charge in [-0.2, -0.15) is 0 Å². The van der Waals surface area contributed by atoms with E-state index < -0.39 is 23.7 Å². The van der Waals surface area contributed by atoms with E-state index in [1.165, 1.54) is 18.2 Å². The molecule has 0 spiro atoms. The van der Waals surface area contributed by atoms with Crippen LogP contribution in [-0.2, 0) is 32.0 Å². The van der Waals surface area contributed by atoms with E-state index in [0.29, 0.717) is 41.0 Å². The Morgan fingerprint density at radius 2 is 1.59 bits per heavy atom. The van der Waals surface area contributed by atoms with Crippen molar-refractivity contribution in [3.8, 4) is 22.6 Å². The van der Waals surface area contributed by atoms with Crippen molar-refractivity contribution in [2.75, 3.05) is 6.61 Å². The topological polar surface area (TPSA) is 78.9 Å². The summed E-state index contributed by atoms with van der Waals surface area (Å²) in [6.45, 7) is 8.96. The van der Waals surface area contributed by atoms with Gasteiger partial charge in [-0.3, -0.25) is 0 Å². The van der Waals surface area contributed by atoms with E-state index in [2.05, 4.69) is 13.2 Å². The molecule has 200 valence electrons. The smallest absolute Gasteiger partial charge is 0.336 e. The van der Waals surface area contributed by atoms with Gasteiger partial charge < -0.3 is 14.2 Å². The second-order valence-corrected chi connectivity index (χ2v) is 8.46. The summed E-state index contributed by atoms with van der Waals surface area (Å²) in [5.74, 6) is -1.34. The highest BCUT2D eigenvalue weighted by molar-refractivity contribution is 5.89. The Labute approximate surface area is 227 Å². The van der Waals surface area contributed by atoms with Crippen molar-refractivity contribution in [1.29, 1.82) is 0 Å². The number of esters is 3. The summed E-state index contributed by atoms with van der Waals surface area (Å²) in [7, 11) is 0. The molecule has 0 saturated carbocycles. The van der Waals surface area contributed by atoms with Crippen molar-refractivity contribution in [2.45, 2.75) is 26.2 Å². The van der Waals surface area contributed by atoms with Gasteiger partial charge in [-0.1, -0.05) is 62.9 Å². The van der Waals surface area contributed by atoms with Crippen molar-refractivity contribution in [1.82, 2.24) is 0 Å². The molecule has 0 aromatic heterocycles. The number of carbonyl (C=O) groups is 3. The lowest BCUT2D eigenvalue weighted by molar-refractivity contribution is -0.137. The van der Waals surface area contributed by atoms with Gasteiger partial charge in [-0.05, 0) is 59.0 Å². The summed E-state index contributed by atoms with van der Waals surface area (Å²) in [5.41, 5.74) is 3.27. The summed E-state index contributed by atoms with van der Waals surface area (Å²) < 4.78 is 30.4. The first kappa shape index (κ1) is 28.8. The van der Waals surface area contributed by atoms with E-state index >= 15 is 0 Å². The molecule has 3 rings (SSSR count). The largest absolute Gasteiger partial charge is 0.462 e. The number of hydrogen-bond acceptors (Lipinski definition) is 6. The van der Waals surface area contributed by atoms with E-state index in [4.69, 9.17) is 14.2 Å². The molecule has 0 aliphatic heterocycles. The molecule has 7 heteroatoms. The van der Waals surface area contributed by atoms with E-state index in [-0.39, 0.29) is 6.61 Å². The molecule has 0 atom stereocenters. The maximum absolute atomic E-state index is 14.8. The van der Waals surface area contributed by atoms with Crippen LogP contribution in [0.25, 0.3) is 17.2 Å². The fourth-order valence-electron chi connectivity index (χ4n) is 3.72. The van der Waals surface area contributed by atoms with Gasteiger partial charge in [0.05, 0.1) is 6.61 Å². The van der Waals surface area contributed by atoms with Crippen LogP contribution in [-0.4, -0.2) is 24.5 Å². The van der Waals surface area contributed by atoms with Crippen LogP contribution in [0, 0.1) is 5.82 Å². The molecule has 0 N–H and O–H groups in total. The summed E-state index contributed by atoms with van der Waals surface area (Å²) in [5, 5.41) is 0. The first-order valence-corrected chi connectivity index (χ1v) is 12.4. The maximum atomic E-state index is 14.8. The third-order valence-corrected chi connectivity index (χ3v) is 5.61. The number of aryl methyl sites for hydroxylation is 1. The number of carbonyl (C=O) groups excluding carboxylic acids is 3. The third kappa shape index (κ3) is 8.64. The Morgan fingerprint density at radius 1 is 0.846 bits per heavy atom. The molecule has 0 aliphatic rings. The predicted molar refractivity (Wildman–Crippen MR) is 148 cm³/mol. The standard InChI is InChI=1S/C32H29FO6/c1-4-7-25-20-23(18-19-37-30(34)5-2)9-16-29(25)39-32(36)17-10-22-8-15-27(28(33)21-22)24-11-13-26(14-12-24)38-31(35)6-3/h5-6,8-17,20-21H,2-4,7,18-19H2,1H3. The summed E-state index contributed by atoms with van der Waals surface area (Å²) >= 11 is 0. The second kappa shape index (κ2) is 14.2. The first-order chi connectivity index (χ1) is 18.8. The van der Waals surface area contributed by atoms with Crippen LogP contribution >= 0.6 is 0 Å². The average molecular weight is 529 g/mol. The summed E-state index contributed by atoms with van der Waals surface area (Å²) in [4.78, 5) is 35.0. The zero-order valence-corrected chi connectivity index (χ0v) is 21.7. The monoisotopic (exact) mass is 528 g/mol. The van der Waals surface area contributed by atoms with Crippen molar-refractivity contribution in [3.05, 3.63) is 115 Å². The molecule has 0 bridgehead atoms. The van der Waals surface area contributed by atoms with E-state index in [0.717, 1.165) is 29.7 Å². The minimum absolute atomic E-state index is 0.226. The van der Waals surface area contributed by atoms with E-state index in [1.807, 2.05) is 19.1 Å². The molecule has 0 amide bonds. The molecule has 3 aromatic rings. The fraction of sp³-hybridized carbons (Fsp3) is 0.156. The third-order valence-electron chi connectivity index (χ3n) is 5.61. The zero-order chi connectivity index (χ0) is 28.2. The van der Waals surface area contributed by atoms with Crippen LogP contribution in [0.4, 0.5) is 4.39 Å². The predicted octanol–water partition coefficient (Wildman–Crippen LogP) is 6.43. The number of halogens is 1. The van der Waals surface area contributed by atoms with E-state index in [1.54, 1.807) is 42.5 Å². The molecule has 0 saturated heterocycles. The lowest BCUT2D eigenvalue weighted by Gasteiger charge is -2.11. The van der Waals surface area contributed by atoms with Gasteiger partial charge in [0.15, 0.2) is 0 Å². The van der Waals surface area contributed by atoms with Gasteiger partial charge in [0, 0.05) is 30.2 Å². The van der Waals surface area contributed by atoms with Crippen LogP contribution in [0.5, 0.6) is 11.5 Å². The molecule has 3 aromatic carbocycles. The molecule has 6 nitrogen and oxygen atoms in total. The second-order valence-electron chi connectivity index (χ2n) is 8.46. The highest BCUT2D eigenvalue weighted by atomic mass is 19.1. The SMILES string of the molecule is C=CC(=O)OCCc1ccc(OC(=O)C=Cc2ccc(-c3ccc(OC(=O)C=C)cc3)c(F)c2)c(CCC)c1. The van der Waals surface area contributed by atoms with Crippen molar-refractivity contribution < 1.29 is 33.0 Å². The van der Waals surface area contributed by atoms with Gasteiger partial charge in [0.1, 0.15) is 17.3 Å². The first-order valence-electron chi connectivity index (χ1n) is 12.4. The number of benzene rings is 3. The lowest BCUT2D eigenvalue weighted by atomic mass is 10.0. The Hall–Kier alpha value is -4.78. The zero-order valence-electron chi connectivity index (χ0n) is 21.7. The molecule has 0 aliphatic carbocycles. The quantitative estimate of drug-likeness (QED) is 0.153. The minimum Gasteiger partial charge on any atom is -0.462 e. The number of rotatable bonds is 12. The van der Waals surface area contributed by atoms with Gasteiger partial charge in [-0.25, -0.2) is 18.8 Å². The summed E-state index contributed by atoms with van der Waals surface area (Å²) in [6.07, 6.45) is 6.99. The maximum Gasteiger partial charge on any atom is 0.336 e. The Balaban J connectivity index is 1.65. The minimum atomic E-state index is -0.589. The van der Waals surface area contributed by atoms with Gasteiger partial charge in [-0.15, -0.1) is 0 Å². The summed E-state index contributed by atoms with van der Waals surface area (Å²) in [6, 6.07) is 16.5. The Morgan fingerprint density at radius 3 is 2.26 bits per heavy atom. The molecular weight excluding hydrogens is 499 g/mol. The number of ether oxygens (including phenoxy) is 3. The lowest BCUT2D eigenvalue weighted by Crippen LogP contribution is -2.07. The van der Waals surface area contributed by atoms with Crippen LogP contribution in [0.3, 0.4) is 0 Å². The van der Waals surface area contributed by atoms with Crippen LogP contribution in [0.1, 0.15) is 30.0 Å². The number of hydrogen-bond donors (Lipinski definition) is 0. The average Bonchev–Trinajstić information content (AvgIpc) is 2.93. The molecule has 0 unspecified atom stereocenters. The van der Waals surface area contributed by atoms with E-state index in [9.17, 15) is 18.8 Å². The molecule has 39 heavy (non-hydrogen) atoms. The van der Waals surface area contributed by atoms with Gasteiger partial charge >= 0.3 is 17.9 Å². The van der Waals surface area contributed by atoms with Crippen LogP contribution < -0.4 is 9.47 Å². The van der Waals surface area contributed by atoms with Crippen molar-refractivity contribution in [2.24, 2.45) is 0 Å². The van der Waals surface area contributed by atoms with Crippen LogP contribution in [0.15, 0.2) is 92.0 Å². The Bertz CT molecular complexity index is 1390. The molecule has 0 heterocycles. The van der Waals surface area contributed by atoms with Crippen LogP contribution in [0.2, 0.25) is 0 Å². The van der Waals surface area contributed by atoms with Crippen molar-refractivity contribution in [3.63, 3.8) is 0 Å². The van der Waals surface area contributed by atoms with Gasteiger partial charge in [0.25, 0.3) is 0 Å². The normalized spacial score (nSPS) is 10.6. The highest BCUT2D eigenvalue weighted by Crippen LogP contribution is 2.27. The molecule has 0 radical (unpaired) electrons. The fourth-order valence-corrected chi connectivity index (χ4v) is 3.72. The van der Waals surface area contributed by atoms with Gasteiger partial charge in [0.2, 0.25) is 0 Å². The molecular formula is C32H29FO6. The van der Waals surface area contributed by atoms with Crippen molar-refractivity contribution >= 4 is 24.0 Å². The highest BCUT2D eigenvalue weighted by Gasteiger charge is 2.10.